The van der Waals surface area contributed by atoms with Crippen molar-refractivity contribution in [1.82, 2.24) is 0 Å². The second-order valence-electron chi connectivity index (χ2n) is 1.32. The summed E-state index contributed by atoms with van der Waals surface area (Å²) in [4.78, 5) is 0. The van der Waals surface area contributed by atoms with Gasteiger partial charge in [-0.25, -0.2) is 0 Å². The molecular weight excluding hydrogens is 183 g/mol. The molecule has 0 aromatic rings. The van der Waals surface area contributed by atoms with Gasteiger partial charge in [0.25, 0.3) is 0 Å². The van der Waals surface area contributed by atoms with Crippen molar-refractivity contribution in [2.45, 2.75) is 0 Å². The van der Waals surface area contributed by atoms with Crippen LogP contribution in [0.3, 0.4) is 0 Å². The Balaban J connectivity index is 3.48. The van der Waals surface area contributed by atoms with E-state index < -0.39 is 6.34 Å². The summed E-state index contributed by atoms with van der Waals surface area (Å²) in [5.74, 6) is 0. The van der Waals surface area contributed by atoms with Crippen LogP contribution in [-0.4, -0.2) is 13.3 Å². The first-order valence-corrected chi connectivity index (χ1v) is 7.28. The predicted octanol–water partition coefficient (Wildman–Crippen LogP) is 2.57. The fraction of sp³-hybridized carbons (Fsp3) is 1.00. The normalized spacial score (nSPS) is 11.8. The minimum absolute atomic E-state index is 1.25. The summed E-state index contributed by atoms with van der Waals surface area (Å²) < 4.78 is 10.5. The Morgan fingerprint density at radius 1 is 1.67 bits per heavy atom. The lowest BCUT2D eigenvalue weighted by molar-refractivity contribution is 0.592. The average Bonchev–Trinajstić information content (AvgIpc) is 1.35. The summed E-state index contributed by atoms with van der Waals surface area (Å²) in [6.45, 7) is 3.43. The van der Waals surface area contributed by atoms with E-state index in [0.717, 1.165) is 0 Å². The lowest BCUT2D eigenvalue weighted by Gasteiger charge is -1.92. The summed E-state index contributed by atoms with van der Waals surface area (Å²) in [5.41, 5.74) is 0. The van der Waals surface area contributed by atoms with E-state index >= 15 is 0 Å². The van der Waals surface area contributed by atoms with E-state index in [-0.39, 0.29) is 0 Å². The van der Waals surface area contributed by atoms with Gasteiger partial charge in [0.05, 0.1) is 0 Å². The van der Waals surface area contributed by atoms with Crippen LogP contribution in [0.4, 0.5) is 0 Å². The van der Waals surface area contributed by atoms with E-state index in [9.17, 15) is 4.57 Å². The molecule has 0 saturated heterocycles. The van der Waals surface area contributed by atoms with Crippen molar-refractivity contribution in [3.8, 4) is 0 Å². The molecule has 0 aliphatic rings. The molecule has 0 radical (unpaired) electrons. The molecule has 38 valence electrons. The summed E-state index contributed by atoms with van der Waals surface area (Å²) in [6, 6.07) is 0. The van der Waals surface area contributed by atoms with Gasteiger partial charge in [0, 0.05) is 0 Å². The Hall–Kier alpha value is 1.06. The Labute approximate surface area is 49.2 Å². The van der Waals surface area contributed by atoms with Crippen LogP contribution in [0.15, 0.2) is 0 Å². The molecule has 0 bridgehead atoms. The van der Waals surface area contributed by atoms with Gasteiger partial charge in [-0.05, 0) is 38.0 Å². The highest BCUT2D eigenvalue weighted by molar-refractivity contribution is 9.57. The first-order chi connectivity index (χ1) is 2.56. The predicted molar refractivity (Wildman–Crippen MR) is 36.0 cm³/mol. The first kappa shape index (κ1) is 7.06. The van der Waals surface area contributed by atoms with Gasteiger partial charge in [0.15, 0.2) is 0 Å². The molecular formula is C2H6BrOPS. The van der Waals surface area contributed by atoms with Gasteiger partial charge in [0.2, 0.25) is 0 Å². The molecule has 0 atom stereocenters. The monoisotopic (exact) mass is 188 g/mol. The Morgan fingerprint density at radius 2 is 1.83 bits per heavy atom. The highest BCUT2D eigenvalue weighted by Gasteiger charge is 2.01. The van der Waals surface area contributed by atoms with Crippen LogP contribution in [0.1, 0.15) is 0 Å². The van der Waals surface area contributed by atoms with E-state index in [4.69, 9.17) is 0 Å². The maximum absolute atomic E-state index is 10.5. The van der Waals surface area contributed by atoms with Gasteiger partial charge in [-0.15, -0.1) is 0 Å². The van der Waals surface area contributed by atoms with E-state index in [1.165, 1.54) is 9.82 Å². The third-order valence-corrected chi connectivity index (χ3v) is 7.77. The molecule has 0 spiro atoms. The number of hydrogen-bond donors (Lipinski definition) is 0. The zero-order valence-electron chi connectivity index (χ0n) is 3.64. The number of halogens is 1. The fourth-order valence-corrected chi connectivity index (χ4v) is 0. The highest BCUT2D eigenvalue weighted by atomic mass is 79.9. The highest BCUT2D eigenvalue weighted by Crippen LogP contribution is 2.54. The second-order valence-corrected chi connectivity index (χ2v) is 9.62. The van der Waals surface area contributed by atoms with Crippen LogP contribution in [0.2, 0.25) is 0 Å². The maximum atomic E-state index is 10.5. The first-order valence-electron chi connectivity index (χ1n) is 1.41. The van der Waals surface area contributed by atoms with Crippen LogP contribution in [0.5, 0.6) is 0 Å². The quantitative estimate of drug-likeness (QED) is 0.589. The van der Waals surface area contributed by atoms with Crippen molar-refractivity contribution in [1.29, 1.82) is 0 Å². The molecule has 0 saturated carbocycles. The van der Waals surface area contributed by atoms with Crippen LogP contribution >= 0.6 is 31.0 Å². The van der Waals surface area contributed by atoms with Crippen molar-refractivity contribution < 1.29 is 4.57 Å². The smallest absolute Gasteiger partial charge is 0.143 e. The van der Waals surface area contributed by atoms with Gasteiger partial charge in [0.1, 0.15) is 6.34 Å². The molecule has 0 N–H and O–H groups in total. The average molecular weight is 189 g/mol. The van der Waals surface area contributed by atoms with E-state index in [2.05, 4.69) is 14.8 Å². The lowest BCUT2D eigenvalue weighted by Crippen LogP contribution is -1.54. The molecule has 0 rings (SSSR count). The molecule has 0 fully saturated rings. The van der Waals surface area contributed by atoms with Crippen LogP contribution in [-0.2, 0) is 4.57 Å². The van der Waals surface area contributed by atoms with Gasteiger partial charge in [-0.1, -0.05) is 0 Å². The molecule has 0 amide bonds. The molecule has 0 aromatic carbocycles. The zero-order chi connectivity index (χ0) is 5.21. The van der Waals surface area contributed by atoms with Crippen molar-refractivity contribution in [2.75, 3.05) is 13.3 Å². The van der Waals surface area contributed by atoms with E-state index in [1.807, 2.05) is 0 Å². The van der Waals surface area contributed by atoms with Crippen LogP contribution < -0.4 is 0 Å². The molecule has 0 aliphatic carbocycles. The Kier molecular flexibility index (Phi) is 2.81. The number of rotatable bonds is 1. The molecule has 0 heterocycles. The molecule has 0 aliphatic heterocycles. The molecule has 0 unspecified atom stereocenters. The summed E-state index contributed by atoms with van der Waals surface area (Å²) >= 11 is 3.02. The van der Waals surface area contributed by atoms with Gasteiger partial charge in [-0.2, -0.15) is 0 Å². The molecule has 4 heteroatoms. The van der Waals surface area contributed by atoms with Crippen LogP contribution in [0, 0.1) is 0 Å². The molecule has 1 nitrogen and oxygen atoms in total. The topological polar surface area (TPSA) is 17.1 Å². The Morgan fingerprint density at radius 3 is 1.83 bits per heavy atom. The van der Waals surface area contributed by atoms with E-state index in [0.29, 0.717) is 0 Å². The Bertz CT molecular complexity index is 77.6. The summed E-state index contributed by atoms with van der Waals surface area (Å²) in [5, 5.41) is 0. The van der Waals surface area contributed by atoms with Crippen molar-refractivity contribution in [3.05, 3.63) is 0 Å². The van der Waals surface area contributed by atoms with Crippen molar-refractivity contribution in [2.24, 2.45) is 0 Å². The van der Waals surface area contributed by atoms with Crippen LogP contribution in [0.25, 0.3) is 0 Å². The van der Waals surface area contributed by atoms with E-state index in [1.54, 1.807) is 13.3 Å². The molecule has 6 heavy (non-hydrogen) atoms. The van der Waals surface area contributed by atoms with Gasteiger partial charge >= 0.3 is 0 Å². The van der Waals surface area contributed by atoms with Gasteiger partial charge in [-0.3, -0.25) is 0 Å². The summed E-state index contributed by atoms with van der Waals surface area (Å²) in [6.07, 6.45) is -1.81. The largest absolute Gasteiger partial charge is 0.312 e. The summed E-state index contributed by atoms with van der Waals surface area (Å²) in [7, 11) is 1.25. The SMILES string of the molecule is CP(C)(=O)SBr. The maximum Gasteiger partial charge on any atom is 0.143 e. The zero-order valence-corrected chi connectivity index (χ0v) is 6.94. The standard InChI is InChI=1S/C2H6BrOPS/c1-5(2,4)6-3/h1-2H3. The van der Waals surface area contributed by atoms with Crippen molar-refractivity contribution in [3.63, 3.8) is 0 Å². The minimum Gasteiger partial charge on any atom is -0.312 e. The minimum atomic E-state index is -1.81. The third-order valence-electron chi connectivity index (χ3n) is 0.166. The third kappa shape index (κ3) is 5.06. The van der Waals surface area contributed by atoms with Crippen molar-refractivity contribution >= 4 is 31.0 Å². The number of hydrogen-bond acceptors (Lipinski definition) is 2. The second kappa shape index (κ2) is 2.39. The molecule has 0 aromatic heterocycles. The fourth-order valence-electron chi connectivity index (χ4n) is 0. The lowest BCUT2D eigenvalue weighted by atomic mass is 11.9. The van der Waals surface area contributed by atoms with Gasteiger partial charge < -0.3 is 4.57 Å².